The molecule has 0 aliphatic carbocycles. The highest BCUT2D eigenvalue weighted by atomic mass is 32.1. The molecule has 0 aromatic rings. The molecule has 1 N–H and O–H groups in total. The maximum Gasteiger partial charge on any atom is 0.313 e. The Bertz CT molecular complexity index is 332. The molecule has 0 fully saturated rings. The van der Waals surface area contributed by atoms with Gasteiger partial charge in [0.1, 0.15) is 0 Å². The molecule has 0 aliphatic rings. The van der Waals surface area contributed by atoms with Crippen molar-refractivity contribution in [2.75, 3.05) is 6.54 Å². The van der Waals surface area contributed by atoms with Crippen LogP contribution >= 0.6 is 12.2 Å². The third-order valence-electron chi connectivity index (χ3n) is 4.08. The topological polar surface area (TPSA) is 38.3 Å². The van der Waals surface area contributed by atoms with E-state index in [1.807, 2.05) is 0 Å². The van der Waals surface area contributed by atoms with Gasteiger partial charge in [-0.2, -0.15) is 0 Å². The average Bonchev–Trinajstić information content (AvgIpc) is 2.57. The summed E-state index contributed by atoms with van der Waals surface area (Å²) in [6.07, 6.45) is 19.0. The van der Waals surface area contributed by atoms with Gasteiger partial charge < -0.3 is 10.1 Å². The van der Waals surface area contributed by atoms with Gasteiger partial charge in [-0.3, -0.25) is 4.79 Å². The Hall–Kier alpha value is -0.900. The molecule has 0 aliphatic heterocycles. The molecule has 0 saturated carbocycles. The Morgan fingerprint density at radius 1 is 0.917 bits per heavy atom. The van der Waals surface area contributed by atoms with E-state index in [1.54, 1.807) is 6.08 Å². The zero-order valence-corrected chi connectivity index (χ0v) is 16.4. The molecule has 0 rings (SSSR count). The molecule has 140 valence electrons. The minimum absolute atomic E-state index is 0.148. The minimum atomic E-state index is -0.236. The molecule has 0 heterocycles. The summed E-state index contributed by atoms with van der Waals surface area (Å²) in [4.78, 5) is 11.5. The van der Waals surface area contributed by atoms with Gasteiger partial charge in [-0.1, -0.05) is 90.0 Å². The number of ether oxygens (including phenoxy) is 1. The van der Waals surface area contributed by atoms with Crippen molar-refractivity contribution in [3.63, 3.8) is 0 Å². The largest absolute Gasteiger partial charge is 0.399 e. The highest BCUT2D eigenvalue weighted by molar-refractivity contribution is 7.80. The second kappa shape index (κ2) is 18.4. The van der Waals surface area contributed by atoms with Crippen LogP contribution in [0.1, 0.15) is 96.8 Å². The number of hydrogen-bond donors (Lipinski definition) is 1. The van der Waals surface area contributed by atoms with Crippen molar-refractivity contribution < 1.29 is 9.53 Å². The van der Waals surface area contributed by atoms with Crippen LogP contribution in [0.15, 0.2) is 12.7 Å². The van der Waals surface area contributed by atoms with Crippen LogP contribution in [-0.2, 0) is 9.53 Å². The van der Waals surface area contributed by atoms with E-state index in [2.05, 4.69) is 18.8 Å². The molecule has 0 aromatic carbocycles. The molecule has 3 nitrogen and oxygen atoms in total. The third-order valence-corrected chi connectivity index (χ3v) is 4.31. The molecule has 0 radical (unpaired) electrons. The quantitative estimate of drug-likeness (QED) is 0.158. The van der Waals surface area contributed by atoms with Crippen LogP contribution in [0, 0.1) is 0 Å². The first kappa shape index (κ1) is 23.1. The summed E-state index contributed by atoms with van der Waals surface area (Å²) in [6.45, 7) is 6.35. The maximum absolute atomic E-state index is 11.5. The van der Waals surface area contributed by atoms with Gasteiger partial charge >= 0.3 is 5.97 Å². The summed E-state index contributed by atoms with van der Waals surface area (Å²) < 4.78 is 4.99. The number of unbranched alkanes of at least 4 members (excludes halogenated alkanes) is 12. The predicted molar refractivity (Wildman–Crippen MR) is 107 cm³/mol. The summed E-state index contributed by atoms with van der Waals surface area (Å²) in [5.74, 6) is -0.236. The van der Waals surface area contributed by atoms with E-state index in [0.717, 1.165) is 12.8 Å². The highest BCUT2D eigenvalue weighted by Crippen LogP contribution is 2.13. The molecule has 0 atom stereocenters. The lowest BCUT2D eigenvalue weighted by atomic mass is 10.0. The summed E-state index contributed by atoms with van der Waals surface area (Å²) >= 11 is 4.89. The third kappa shape index (κ3) is 17.5. The summed E-state index contributed by atoms with van der Waals surface area (Å²) in [7, 11) is 0. The van der Waals surface area contributed by atoms with Crippen molar-refractivity contribution in [3.05, 3.63) is 12.7 Å². The molecule has 0 spiro atoms. The number of rotatable bonds is 16. The number of carbonyl (C=O) groups excluding carboxylic acids is 1. The normalized spacial score (nSPS) is 10.4. The maximum atomic E-state index is 11.5. The van der Waals surface area contributed by atoms with Crippen molar-refractivity contribution in [1.82, 2.24) is 5.32 Å². The Balaban J connectivity index is 3.23. The predicted octanol–water partition coefficient (Wildman–Crippen LogP) is 6.07. The van der Waals surface area contributed by atoms with Crippen molar-refractivity contribution in [1.29, 1.82) is 0 Å². The molecule has 0 amide bonds. The standard InChI is InChI=1S/C20H37NO2S/c1-3-5-6-7-8-9-10-11-12-13-14-15-16-17-19(22)23-20(24)21-18-4-2/h4H,2-3,5-18H2,1H3,(H,21,24). The lowest BCUT2D eigenvalue weighted by Gasteiger charge is -2.06. The van der Waals surface area contributed by atoms with E-state index in [0.29, 0.717) is 13.0 Å². The number of esters is 1. The first-order chi connectivity index (χ1) is 11.7. The molecule has 0 aromatic heterocycles. The number of thiocarbonyl (C=S) groups is 1. The van der Waals surface area contributed by atoms with Gasteiger partial charge in [0.25, 0.3) is 5.17 Å². The Morgan fingerprint density at radius 2 is 1.38 bits per heavy atom. The van der Waals surface area contributed by atoms with Crippen LogP contribution < -0.4 is 5.32 Å². The highest BCUT2D eigenvalue weighted by Gasteiger charge is 2.05. The summed E-state index contributed by atoms with van der Waals surface area (Å²) in [5, 5.41) is 2.93. The molecular formula is C20H37NO2S. The fourth-order valence-corrected chi connectivity index (χ4v) is 2.81. The zero-order valence-electron chi connectivity index (χ0n) is 15.6. The molecule has 0 unspecified atom stereocenters. The number of carbonyl (C=O) groups is 1. The molecule has 4 heteroatoms. The van der Waals surface area contributed by atoms with Crippen LogP contribution in [0.4, 0.5) is 0 Å². The Morgan fingerprint density at radius 3 is 1.83 bits per heavy atom. The zero-order chi connectivity index (χ0) is 17.9. The first-order valence-electron chi connectivity index (χ1n) is 9.80. The summed E-state index contributed by atoms with van der Waals surface area (Å²) in [6, 6.07) is 0. The first-order valence-corrected chi connectivity index (χ1v) is 10.2. The fourth-order valence-electron chi connectivity index (χ4n) is 2.63. The van der Waals surface area contributed by atoms with Gasteiger partial charge in [0, 0.05) is 13.0 Å². The lowest BCUT2D eigenvalue weighted by Crippen LogP contribution is -2.26. The van der Waals surface area contributed by atoms with Gasteiger partial charge in [-0.25, -0.2) is 0 Å². The second-order valence-electron chi connectivity index (χ2n) is 6.42. The van der Waals surface area contributed by atoms with E-state index >= 15 is 0 Å². The Labute approximate surface area is 154 Å². The van der Waals surface area contributed by atoms with E-state index < -0.39 is 0 Å². The fraction of sp³-hybridized carbons (Fsp3) is 0.800. The van der Waals surface area contributed by atoms with E-state index in [4.69, 9.17) is 17.0 Å². The van der Waals surface area contributed by atoms with Crippen molar-refractivity contribution in [3.8, 4) is 0 Å². The van der Waals surface area contributed by atoms with Gasteiger partial charge in [0.2, 0.25) is 0 Å². The van der Waals surface area contributed by atoms with Crippen LogP contribution in [-0.4, -0.2) is 17.7 Å². The van der Waals surface area contributed by atoms with Crippen LogP contribution in [0.5, 0.6) is 0 Å². The van der Waals surface area contributed by atoms with Gasteiger partial charge in [0.15, 0.2) is 0 Å². The number of hydrogen-bond acceptors (Lipinski definition) is 3. The SMILES string of the molecule is C=CCNC(=S)OC(=O)CCCCCCCCCCCCCCC. The van der Waals surface area contributed by atoms with Gasteiger partial charge in [-0.15, -0.1) is 6.58 Å². The van der Waals surface area contributed by atoms with Crippen molar-refractivity contribution in [2.45, 2.75) is 96.8 Å². The van der Waals surface area contributed by atoms with E-state index in [1.165, 1.54) is 70.6 Å². The van der Waals surface area contributed by atoms with Gasteiger partial charge in [0.05, 0.1) is 0 Å². The number of nitrogens with one attached hydrogen (secondary N) is 1. The van der Waals surface area contributed by atoms with Crippen LogP contribution in [0.25, 0.3) is 0 Å². The molecular weight excluding hydrogens is 318 g/mol. The van der Waals surface area contributed by atoms with Crippen LogP contribution in [0.3, 0.4) is 0 Å². The smallest absolute Gasteiger partial charge is 0.313 e. The van der Waals surface area contributed by atoms with Gasteiger partial charge in [-0.05, 0) is 18.6 Å². The van der Waals surface area contributed by atoms with Crippen molar-refractivity contribution >= 4 is 23.4 Å². The molecule has 0 bridgehead atoms. The minimum Gasteiger partial charge on any atom is -0.399 e. The van der Waals surface area contributed by atoms with Crippen LogP contribution in [0.2, 0.25) is 0 Å². The average molecular weight is 356 g/mol. The lowest BCUT2D eigenvalue weighted by molar-refractivity contribution is -0.135. The Kier molecular flexibility index (Phi) is 17.7. The summed E-state index contributed by atoms with van der Waals surface area (Å²) in [5.41, 5.74) is 0. The van der Waals surface area contributed by atoms with Crippen molar-refractivity contribution in [2.24, 2.45) is 0 Å². The van der Waals surface area contributed by atoms with E-state index in [9.17, 15) is 4.79 Å². The monoisotopic (exact) mass is 355 g/mol. The molecule has 24 heavy (non-hydrogen) atoms. The van der Waals surface area contributed by atoms with E-state index in [-0.39, 0.29) is 11.1 Å². The molecule has 0 saturated heterocycles. The second-order valence-corrected chi connectivity index (χ2v) is 6.79.